The monoisotopic (exact) mass is 325 g/mol. The van der Waals surface area contributed by atoms with Crippen LogP contribution in [0, 0.1) is 23.0 Å². The van der Waals surface area contributed by atoms with Crippen molar-refractivity contribution < 1.29 is 13.6 Å². The fourth-order valence-corrected chi connectivity index (χ4v) is 2.08. The highest BCUT2D eigenvalue weighted by molar-refractivity contribution is 6.31. The largest absolute Gasteiger partial charge is 0.292 e. The van der Waals surface area contributed by atoms with Gasteiger partial charge in [0.2, 0.25) is 0 Å². The summed E-state index contributed by atoms with van der Waals surface area (Å²) in [4.78, 5) is 12.2. The van der Waals surface area contributed by atoms with Gasteiger partial charge in [0.05, 0.1) is 16.7 Å². The molecule has 0 amide bonds. The van der Waals surface area contributed by atoms with Crippen LogP contribution in [0.2, 0.25) is 10.0 Å². The van der Waals surface area contributed by atoms with Gasteiger partial charge in [-0.05, 0) is 29.8 Å². The molecule has 2 aromatic rings. The molecule has 1 unspecified atom stereocenters. The summed E-state index contributed by atoms with van der Waals surface area (Å²) in [5, 5.41) is 9.16. The molecule has 0 spiro atoms. The minimum Gasteiger partial charge on any atom is -0.292 e. The van der Waals surface area contributed by atoms with E-state index in [2.05, 4.69) is 0 Å². The maximum atomic E-state index is 13.8. The predicted octanol–water partition coefficient (Wildman–Crippen LogP) is 4.76. The lowest BCUT2D eigenvalue weighted by atomic mass is 9.91. The van der Waals surface area contributed by atoms with Crippen molar-refractivity contribution >= 4 is 29.0 Å². The van der Waals surface area contributed by atoms with Crippen molar-refractivity contribution in [2.75, 3.05) is 0 Å². The van der Waals surface area contributed by atoms with Crippen LogP contribution in [-0.2, 0) is 0 Å². The van der Waals surface area contributed by atoms with E-state index in [0.717, 1.165) is 0 Å². The third kappa shape index (κ3) is 3.21. The van der Waals surface area contributed by atoms with E-state index in [1.807, 2.05) is 0 Å². The molecule has 0 saturated heterocycles. The molecular formula is C15H7Cl2F2NO. The summed E-state index contributed by atoms with van der Waals surface area (Å²) in [6, 6.07) is 9.17. The zero-order valence-corrected chi connectivity index (χ0v) is 11.9. The van der Waals surface area contributed by atoms with Gasteiger partial charge in [0.1, 0.15) is 17.6 Å². The van der Waals surface area contributed by atoms with E-state index in [1.54, 1.807) is 6.07 Å². The SMILES string of the molecule is N#CC(C(=O)c1cc(F)c(Cl)cc1F)c1ccc(Cl)cc1. The van der Waals surface area contributed by atoms with E-state index in [4.69, 9.17) is 28.5 Å². The second-order valence-corrected chi connectivity index (χ2v) is 5.07. The Kier molecular flexibility index (Phi) is 4.56. The number of carbonyl (C=O) groups excluding carboxylic acids is 1. The first-order chi connectivity index (χ1) is 9.93. The Bertz CT molecular complexity index is 739. The average molecular weight is 326 g/mol. The van der Waals surface area contributed by atoms with Crippen molar-refractivity contribution in [3.05, 3.63) is 69.2 Å². The van der Waals surface area contributed by atoms with Gasteiger partial charge in [-0.2, -0.15) is 5.26 Å². The third-order valence-corrected chi connectivity index (χ3v) is 3.41. The van der Waals surface area contributed by atoms with E-state index in [0.29, 0.717) is 22.7 Å². The molecule has 106 valence electrons. The molecule has 0 bridgehead atoms. The predicted molar refractivity (Wildman–Crippen MR) is 75.5 cm³/mol. The van der Waals surface area contributed by atoms with Gasteiger partial charge in [-0.3, -0.25) is 4.79 Å². The number of hydrogen-bond donors (Lipinski definition) is 0. The van der Waals surface area contributed by atoms with Crippen LogP contribution in [0.3, 0.4) is 0 Å². The Morgan fingerprint density at radius 1 is 1.10 bits per heavy atom. The molecule has 0 aliphatic rings. The fraction of sp³-hybridized carbons (Fsp3) is 0.0667. The number of nitrogens with zero attached hydrogens (tertiary/aromatic N) is 1. The summed E-state index contributed by atoms with van der Waals surface area (Å²) in [7, 11) is 0. The molecule has 21 heavy (non-hydrogen) atoms. The standard InChI is InChI=1S/C15H7Cl2F2NO/c16-9-3-1-8(2-4-9)11(7-20)15(21)10-5-14(19)12(17)6-13(10)18/h1-6,11H. The lowest BCUT2D eigenvalue weighted by Gasteiger charge is -2.10. The van der Waals surface area contributed by atoms with E-state index in [-0.39, 0.29) is 0 Å². The first kappa shape index (κ1) is 15.4. The highest BCUT2D eigenvalue weighted by Gasteiger charge is 2.25. The van der Waals surface area contributed by atoms with Crippen molar-refractivity contribution in [3.8, 4) is 6.07 Å². The summed E-state index contributed by atoms with van der Waals surface area (Å²) in [5.74, 6) is -3.99. The molecule has 0 fully saturated rings. The minimum atomic E-state index is -1.25. The highest BCUT2D eigenvalue weighted by Crippen LogP contribution is 2.26. The van der Waals surface area contributed by atoms with Gasteiger partial charge in [-0.1, -0.05) is 35.3 Å². The summed E-state index contributed by atoms with van der Waals surface area (Å²) >= 11 is 11.2. The van der Waals surface area contributed by atoms with Crippen LogP contribution in [0.5, 0.6) is 0 Å². The van der Waals surface area contributed by atoms with Gasteiger partial charge in [0.25, 0.3) is 0 Å². The number of nitriles is 1. The molecule has 0 aliphatic carbocycles. The molecule has 2 aromatic carbocycles. The van der Waals surface area contributed by atoms with Gasteiger partial charge in [-0.15, -0.1) is 0 Å². The van der Waals surface area contributed by atoms with Gasteiger partial charge in [-0.25, -0.2) is 8.78 Å². The van der Waals surface area contributed by atoms with Gasteiger partial charge >= 0.3 is 0 Å². The highest BCUT2D eigenvalue weighted by atomic mass is 35.5. The summed E-state index contributed by atoms with van der Waals surface area (Å²) in [6.07, 6.45) is 0. The molecule has 0 heterocycles. The van der Waals surface area contributed by atoms with Crippen LogP contribution in [0.15, 0.2) is 36.4 Å². The third-order valence-electron chi connectivity index (χ3n) is 2.87. The van der Waals surface area contributed by atoms with Crippen molar-refractivity contribution in [2.45, 2.75) is 5.92 Å². The number of ketones is 1. The van der Waals surface area contributed by atoms with Crippen LogP contribution in [0.1, 0.15) is 21.8 Å². The number of halogens is 4. The number of Topliss-reactive ketones (excluding diaryl/α,β-unsaturated/α-hetero) is 1. The summed E-state index contributed by atoms with van der Waals surface area (Å²) in [5.41, 5.74) is -0.167. The fourth-order valence-electron chi connectivity index (χ4n) is 1.81. The Labute approximate surface area is 129 Å². The first-order valence-corrected chi connectivity index (χ1v) is 6.53. The van der Waals surface area contributed by atoms with Crippen LogP contribution in [-0.4, -0.2) is 5.78 Å². The van der Waals surface area contributed by atoms with E-state index in [1.165, 1.54) is 24.3 Å². The maximum absolute atomic E-state index is 13.8. The number of carbonyl (C=O) groups is 1. The molecule has 1 atom stereocenters. The average Bonchev–Trinajstić information content (AvgIpc) is 2.45. The zero-order chi connectivity index (χ0) is 15.6. The number of benzene rings is 2. The molecular weight excluding hydrogens is 319 g/mol. The second-order valence-electron chi connectivity index (χ2n) is 4.22. The zero-order valence-electron chi connectivity index (χ0n) is 10.4. The van der Waals surface area contributed by atoms with Crippen LogP contribution in [0.25, 0.3) is 0 Å². The number of rotatable bonds is 3. The normalized spacial score (nSPS) is 11.8. The van der Waals surface area contributed by atoms with Gasteiger partial charge in [0.15, 0.2) is 5.78 Å². The molecule has 6 heteroatoms. The van der Waals surface area contributed by atoms with Crippen LogP contribution < -0.4 is 0 Å². The van der Waals surface area contributed by atoms with E-state index < -0.39 is 33.9 Å². The van der Waals surface area contributed by atoms with Crippen LogP contribution >= 0.6 is 23.2 Å². The van der Waals surface area contributed by atoms with Crippen molar-refractivity contribution in [1.29, 1.82) is 5.26 Å². The van der Waals surface area contributed by atoms with Gasteiger partial charge in [0, 0.05) is 5.02 Å². The Hall–Kier alpha value is -1.96. The van der Waals surface area contributed by atoms with E-state index in [9.17, 15) is 13.6 Å². The minimum absolute atomic E-state index is 0.349. The topological polar surface area (TPSA) is 40.9 Å². The van der Waals surface area contributed by atoms with Crippen molar-refractivity contribution in [1.82, 2.24) is 0 Å². The first-order valence-electron chi connectivity index (χ1n) is 5.78. The molecule has 0 aromatic heterocycles. The molecule has 0 saturated carbocycles. The lowest BCUT2D eigenvalue weighted by molar-refractivity contribution is 0.0974. The molecule has 0 N–H and O–H groups in total. The maximum Gasteiger partial charge on any atom is 0.187 e. The second kappa shape index (κ2) is 6.21. The summed E-state index contributed by atoms with van der Waals surface area (Å²) < 4.78 is 27.1. The van der Waals surface area contributed by atoms with E-state index >= 15 is 0 Å². The Morgan fingerprint density at radius 3 is 2.29 bits per heavy atom. The smallest absolute Gasteiger partial charge is 0.187 e. The molecule has 2 nitrogen and oxygen atoms in total. The number of hydrogen-bond acceptors (Lipinski definition) is 2. The lowest BCUT2D eigenvalue weighted by Crippen LogP contribution is -2.13. The Balaban J connectivity index is 2.44. The molecule has 0 radical (unpaired) electrons. The summed E-state index contributed by atoms with van der Waals surface area (Å²) in [6.45, 7) is 0. The van der Waals surface area contributed by atoms with Gasteiger partial charge < -0.3 is 0 Å². The van der Waals surface area contributed by atoms with Crippen molar-refractivity contribution in [3.63, 3.8) is 0 Å². The molecule has 0 aliphatic heterocycles. The molecule has 2 rings (SSSR count). The van der Waals surface area contributed by atoms with Crippen molar-refractivity contribution in [2.24, 2.45) is 0 Å². The quantitative estimate of drug-likeness (QED) is 0.603. The Morgan fingerprint density at radius 2 is 1.71 bits per heavy atom. The van der Waals surface area contributed by atoms with Crippen LogP contribution in [0.4, 0.5) is 8.78 Å².